The summed E-state index contributed by atoms with van der Waals surface area (Å²) < 4.78 is 0.868. The SMILES string of the molecule is CC(C)C(C)Nc1ccc(I)cc1[N+](=O)[O-]. The minimum Gasteiger partial charge on any atom is -0.377 e. The number of nitrogens with zero attached hydrogens (tertiary/aromatic N) is 1. The summed E-state index contributed by atoms with van der Waals surface area (Å²) >= 11 is 2.07. The summed E-state index contributed by atoms with van der Waals surface area (Å²) in [7, 11) is 0. The van der Waals surface area contributed by atoms with Crippen LogP contribution < -0.4 is 5.32 Å². The number of nitro groups is 1. The van der Waals surface area contributed by atoms with Gasteiger partial charge in [-0.2, -0.15) is 0 Å². The predicted octanol–water partition coefficient (Wildman–Crippen LogP) is 3.66. The van der Waals surface area contributed by atoms with E-state index in [1.165, 1.54) is 0 Å². The van der Waals surface area contributed by atoms with Crippen molar-refractivity contribution in [3.05, 3.63) is 31.9 Å². The summed E-state index contributed by atoms with van der Waals surface area (Å²) in [6.07, 6.45) is 0. The van der Waals surface area contributed by atoms with Crippen molar-refractivity contribution >= 4 is 34.0 Å². The van der Waals surface area contributed by atoms with Gasteiger partial charge in [0.15, 0.2) is 0 Å². The topological polar surface area (TPSA) is 55.2 Å². The van der Waals surface area contributed by atoms with Crippen molar-refractivity contribution in [2.45, 2.75) is 26.8 Å². The van der Waals surface area contributed by atoms with Gasteiger partial charge in [-0.15, -0.1) is 0 Å². The van der Waals surface area contributed by atoms with Crippen LogP contribution in [0.5, 0.6) is 0 Å². The van der Waals surface area contributed by atoms with Crippen LogP contribution in [0.1, 0.15) is 20.8 Å². The summed E-state index contributed by atoms with van der Waals surface area (Å²) in [6, 6.07) is 5.41. The number of hydrogen-bond donors (Lipinski definition) is 1. The molecule has 1 aromatic carbocycles. The number of nitrogens with one attached hydrogen (secondary N) is 1. The van der Waals surface area contributed by atoms with Crippen LogP contribution in [0, 0.1) is 19.6 Å². The first-order valence-corrected chi connectivity index (χ1v) is 6.20. The maximum absolute atomic E-state index is 10.9. The molecule has 0 saturated heterocycles. The average molecular weight is 334 g/mol. The van der Waals surface area contributed by atoms with E-state index in [1.807, 2.05) is 13.0 Å². The Hall–Kier alpha value is -0.850. The number of nitro benzene ring substituents is 1. The second-order valence-electron chi connectivity index (χ2n) is 4.10. The van der Waals surface area contributed by atoms with Crippen LogP contribution in [0.3, 0.4) is 0 Å². The first kappa shape index (κ1) is 13.2. The van der Waals surface area contributed by atoms with Crippen molar-refractivity contribution in [2.75, 3.05) is 5.32 Å². The van der Waals surface area contributed by atoms with Gasteiger partial charge in [-0.25, -0.2) is 0 Å². The monoisotopic (exact) mass is 334 g/mol. The van der Waals surface area contributed by atoms with E-state index in [2.05, 4.69) is 41.8 Å². The fraction of sp³-hybridized carbons (Fsp3) is 0.455. The predicted molar refractivity (Wildman–Crippen MR) is 73.7 cm³/mol. The molecule has 0 aliphatic heterocycles. The van der Waals surface area contributed by atoms with Gasteiger partial charge in [0.05, 0.1) is 4.92 Å². The van der Waals surface area contributed by atoms with Crippen LogP contribution in [0.2, 0.25) is 0 Å². The molecule has 0 amide bonds. The van der Waals surface area contributed by atoms with E-state index in [9.17, 15) is 10.1 Å². The summed E-state index contributed by atoms with van der Waals surface area (Å²) in [5.41, 5.74) is 0.728. The highest BCUT2D eigenvalue weighted by Crippen LogP contribution is 2.27. The van der Waals surface area contributed by atoms with Crippen molar-refractivity contribution in [2.24, 2.45) is 5.92 Å². The van der Waals surface area contributed by atoms with E-state index in [0.29, 0.717) is 11.6 Å². The highest BCUT2D eigenvalue weighted by atomic mass is 127. The zero-order valence-electron chi connectivity index (χ0n) is 9.53. The largest absolute Gasteiger partial charge is 0.377 e. The molecule has 0 heterocycles. The van der Waals surface area contributed by atoms with Crippen LogP contribution in [0.25, 0.3) is 0 Å². The van der Waals surface area contributed by atoms with E-state index in [4.69, 9.17) is 0 Å². The van der Waals surface area contributed by atoms with Gasteiger partial charge in [0, 0.05) is 15.7 Å². The van der Waals surface area contributed by atoms with Crippen LogP contribution in [-0.4, -0.2) is 11.0 Å². The number of rotatable bonds is 4. The first-order valence-electron chi connectivity index (χ1n) is 5.12. The zero-order valence-corrected chi connectivity index (χ0v) is 11.7. The van der Waals surface area contributed by atoms with Crippen LogP contribution in [-0.2, 0) is 0 Å². The molecular formula is C11H15IN2O2. The molecule has 0 aliphatic rings. The fourth-order valence-electron chi connectivity index (χ4n) is 1.19. The molecular weight excluding hydrogens is 319 g/mol. The second kappa shape index (κ2) is 5.47. The Morgan fingerprint density at radius 3 is 2.50 bits per heavy atom. The molecule has 0 bridgehead atoms. The molecule has 1 atom stereocenters. The van der Waals surface area contributed by atoms with Crippen molar-refractivity contribution < 1.29 is 4.92 Å². The maximum Gasteiger partial charge on any atom is 0.293 e. The lowest BCUT2D eigenvalue weighted by atomic mass is 10.1. The molecule has 1 aromatic rings. The third-order valence-electron chi connectivity index (χ3n) is 2.54. The Kier molecular flexibility index (Phi) is 4.52. The third-order valence-corrected chi connectivity index (χ3v) is 3.21. The van der Waals surface area contributed by atoms with Crippen molar-refractivity contribution in [1.82, 2.24) is 0 Å². The Labute approximate surface area is 109 Å². The Morgan fingerprint density at radius 1 is 1.38 bits per heavy atom. The molecule has 0 radical (unpaired) electrons. The maximum atomic E-state index is 10.9. The molecule has 0 fully saturated rings. The van der Waals surface area contributed by atoms with Crippen molar-refractivity contribution in [3.63, 3.8) is 0 Å². The normalized spacial score (nSPS) is 12.6. The van der Waals surface area contributed by atoms with Crippen LogP contribution >= 0.6 is 22.6 Å². The van der Waals surface area contributed by atoms with Gasteiger partial charge in [-0.3, -0.25) is 10.1 Å². The minimum absolute atomic E-state index is 0.138. The lowest BCUT2D eigenvalue weighted by Crippen LogP contribution is -2.22. The van der Waals surface area contributed by atoms with Gasteiger partial charge in [-0.05, 0) is 47.6 Å². The molecule has 0 aliphatic carbocycles. The Bertz CT molecular complexity index is 394. The molecule has 88 valence electrons. The molecule has 1 N–H and O–H groups in total. The van der Waals surface area contributed by atoms with Gasteiger partial charge in [-0.1, -0.05) is 13.8 Å². The van der Waals surface area contributed by atoms with Crippen LogP contribution in [0.4, 0.5) is 11.4 Å². The molecule has 0 aromatic heterocycles. The van der Waals surface area contributed by atoms with E-state index in [1.54, 1.807) is 12.1 Å². The molecule has 5 heteroatoms. The molecule has 16 heavy (non-hydrogen) atoms. The molecule has 1 rings (SSSR count). The summed E-state index contributed by atoms with van der Waals surface area (Å²) in [6.45, 7) is 6.18. The van der Waals surface area contributed by atoms with Gasteiger partial charge >= 0.3 is 0 Å². The lowest BCUT2D eigenvalue weighted by Gasteiger charge is -2.18. The van der Waals surface area contributed by atoms with Gasteiger partial charge in [0.2, 0.25) is 0 Å². The summed E-state index contributed by atoms with van der Waals surface area (Å²) in [4.78, 5) is 10.5. The van der Waals surface area contributed by atoms with E-state index < -0.39 is 0 Å². The number of halogens is 1. The molecule has 0 saturated carbocycles. The van der Waals surface area contributed by atoms with E-state index >= 15 is 0 Å². The Morgan fingerprint density at radius 2 is 2.00 bits per heavy atom. The highest BCUT2D eigenvalue weighted by Gasteiger charge is 2.16. The first-order chi connectivity index (χ1) is 7.41. The highest BCUT2D eigenvalue weighted by molar-refractivity contribution is 14.1. The standard InChI is InChI=1S/C11H15IN2O2/c1-7(2)8(3)13-10-5-4-9(12)6-11(10)14(15)16/h4-8,13H,1-3H3. The summed E-state index contributed by atoms with van der Waals surface area (Å²) in [5.74, 6) is 0.430. The second-order valence-corrected chi connectivity index (χ2v) is 5.34. The molecule has 4 nitrogen and oxygen atoms in total. The van der Waals surface area contributed by atoms with E-state index in [0.717, 1.165) is 3.57 Å². The fourth-order valence-corrected chi connectivity index (χ4v) is 1.66. The number of anilines is 1. The average Bonchev–Trinajstić information content (AvgIpc) is 2.20. The zero-order chi connectivity index (χ0) is 12.3. The Balaban J connectivity index is 2.99. The number of hydrogen-bond acceptors (Lipinski definition) is 3. The summed E-state index contributed by atoms with van der Waals surface area (Å²) in [5, 5.41) is 14.1. The number of benzene rings is 1. The van der Waals surface area contributed by atoms with Crippen molar-refractivity contribution in [1.29, 1.82) is 0 Å². The molecule has 1 unspecified atom stereocenters. The van der Waals surface area contributed by atoms with Gasteiger partial charge < -0.3 is 5.32 Å². The van der Waals surface area contributed by atoms with E-state index in [-0.39, 0.29) is 16.7 Å². The van der Waals surface area contributed by atoms with Gasteiger partial charge in [0.1, 0.15) is 5.69 Å². The quantitative estimate of drug-likeness (QED) is 0.519. The lowest BCUT2D eigenvalue weighted by molar-refractivity contribution is -0.384. The smallest absolute Gasteiger partial charge is 0.293 e. The third kappa shape index (κ3) is 3.33. The molecule has 0 spiro atoms. The van der Waals surface area contributed by atoms with Crippen molar-refractivity contribution in [3.8, 4) is 0 Å². The van der Waals surface area contributed by atoms with Crippen LogP contribution in [0.15, 0.2) is 18.2 Å². The van der Waals surface area contributed by atoms with Gasteiger partial charge in [0.25, 0.3) is 5.69 Å². The minimum atomic E-state index is -0.350.